The molecule has 3 aromatic rings. The summed E-state index contributed by atoms with van der Waals surface area (Å²) >= 11 is 0. The van der Waals surface area contributed by atoms with Gasteiger partial charge in [-0.05, 0) is 93.6 Å². The molecule has 3 heterocycles. The molecule has 49 heavy (non-hydrogen) atoms. The molecule has 0 saturated carbocycles. The van der Waals surface area contributed by atoms with Crippen LogP contribution in [-0.2, 0) is 25.7 Å². The van der Waals surface area contributed by atoms with Crippen molar-refractivity contribution in [2.75, 3.05) is 49.1 Å². The third-order valence-corrected chi connectivity index (χ3v) is 9.95. The Morgan fingerprint density at radius 1 is 0.816 bits per heavy atom. The second-order valence-electron chi connectivity index (χ2n) is 13.7. The number of carbonyl (C=O) groups excluding carboxylic acids is 2. The van der Waals surface area contributed by atoms with Crippen LogP contribution in [0.15, 0.2) is 72.8 Å². The molecule has 0 aromatic heterocycles. The largest absolute Gasteiger partial charge is 0.397 e. The maximum Gasteiger partial charge on any atom is 0.224 e. The van der Waals surface area contributed by atoms with Crippen molar-refractivity contribution in [1.29, 1.82) is 0 Å². The fourth-order valence-electron chi connectivity index (χ4n) is 7.28. The van der Waals surface area contributed by atoms with Crippen LogP contribution >= 0.6 is 0 Å². The molecule has 0 bridgehead atoms. The SMILES string of the molecule is Nc1ccccc1NC(=O)CCCCC(=O)Nc1cccc([C@@H]2O[C@H](CN3CCC[C@H]3CN3CCCC3)C[C@H](c3ccc(CO)cc3)O2)c1. The Kier molecular flexibility index (Phi) is 12.3. The topological polar surface area (TPSA) is 129 Å². The average Bonchev–Trinajstić information content (AvgIpc) is 3.80. The van der Waals surface area contributed by atoms with Crippen LogP contribution in [0.4, 0.5) is 17.1 Å². The molecule has 0 radical (unpaired) electrons. The Labute approximate surface area is 289 Å². The van der Waals surface area contributed by atoms with Crippen LogP contribution in [0.25, 0.3) is 0 Å². The number of hydrogen-bond donors (Lipinski definition) is 4. The molecule has 3 aliphatic rings. The Bertz CT molecular complexity index is 1530. The molecule has 3 fully saturated rings. The van der Waals surface area contributed by atoms with Crippen LogP contribution < -0.4 is 16.4 Å². The van der Waals surface area contributed by atoms with E-state index in [4.69, 9.17) is 15.2 Å². The number of likely N-dealkylation sites (tertiary alicyclic amines) is 2. The number of rotatable bonds is 14. The Hall–Kier alpha value is -3.80. The molecule has 0 unspecified atom stereocenters. The Morgan fingerprint density at radius 2 is 1.57 bits per heavy atom. The van der Waals surface area contributed by atoms with E-state index >= 15 is 0 Å². The Balaban J connectivity index is 1.05. The van der Waals surface area contributed by atoms with Gasteiger partial charge in [-0.3, -0.25) is 14.5 Å². The lowest BCUT2D eigenvalue weighted by Crippen LogP contribution is -2.45. The van der Waals surface area contributed by atoms with Gasteiger partial charge in [-0.25, -0.2) is 0 Å². The van der Waals surface area contributed by atoms with Crippen LogP contribution in [0.3, 0.4) is 0 Å². The summed E-state index contributed by atoms with van der Waals surface area (Å²) in [7, 11) is 0. The smallest absolute Gasteiger partial charge is 0.224 e. The van der Waals surface area contributed by atoms with Gasteiger partial charge >= 0.3 is 0 Å². The van der Waals surface area contributed by atoms with Gasteiger partial charge in [0.15, 0.2) is 6.29 Å². The monoisotopic (exact) mass is 669 g/mol. The van der Waals surface area contributed by atoms with Gasteiger partial charge in [0.25, 0.3) is 0 Å². The molecule has 3 aliphatic heterocycles. The number of para-hydroxylation sites is 2. The number of amides is 2. The van der Waals surface area contributed by atoms with Crippen molar-refractivity contribution in [2.24, 2.45) is 0 Å². The standard InChI is InChI=1S/C39H51N5O5/c40-34-12-1-2-13-35(34)42-38(47)15-4-3-14-37(46)41-31-10-7-9-30(23-31)39-48-33(24-36(49-39)29-18-16-28(27-45)17-19-29)26-44-22-8-11-32(44)25-43-20-5-6-21-43/h1-2,7,9-10,12-13,16-19,23,32-33,36,39,45H,3-6,8,11,14-15,20-22,24-27,40H2,(H,41,46)(H,42,47)/t32-,33-,36+,39+/m0/s1. The van der Waals surface area contributed by atoms with Crippen LogP contribution in [0, 0.1) is 0 Å². The molecule has 3 aromatic carbocycles. The fourth-order valence-corrected chi connectivity index (χ4v) is 7.28. The molecule has 0 aliphatic carbocycles. The summed E-state index contributed by atoms with van der Waals surface area (Å²) in [6, 6.07) is 23.4. The summed E-state index contributed by atoms with van der Waals surface area (Å²) < 4.78 is 13.3. The number of nitrogens with two attached hydrogens (primary N) is 1. The highest BCUT2D eigenvalue weighted by Crippen LogP contribution is 2.39. The van der Waals surface area contributed by atoms with Crippen molar-refractivity contribution < 1.29 is 24.2 Å². The number of carbonyl (C=O) groups is 2. The molecule has 262 valence electrons. The van der Waals surface area contributed by atoms with Crippen LogP contribution in [0.2, 0.25) is 0 Å². The molecule has 10 heteroatoms. The van der Waals surface area contributed by atoms with Gasteiger partial charge in [0.2, 0.25) is 11.8 Å². The number of aliphatic hydroxyl groups is 1. The number of hydrogen-bond acceptors (Lipinski definition) is 8. The molecule has 3 saturated heterocycles. The zero-order valence-corrected chi connectivity index (χ0v) is 28.4. The highest BCUT2D eigenvalue weighted by atomic mass is 16.7. The number of unbranched alkanes of at least 4 members (excludes halogenated alkanes) is 1. The van der Waals surface area contributed by atoms with E-state index in [1.165, 1.54) is 38.8 Å². The minimum absolute atomic E-state index is 0.00515. The highest BCUT2D eigenvalue weighted by molar-refractivity contribution is 5.94. The summed E-state index contributed by atoms with van der Waals surface area (Å²) in [4.78, 5) is 30.4. The average molecular weight is 670 g/mol. The van der Waals surface area contributed by atoms with E-state index < -0.39 is 6.29 Å². The number of nitrogens with zero attached hydrogens (tertiary/aromatic N) is 2. The van der Waals surface area contributed by atoms with E-state index in [0.29, 0.717) is 48.8 Å². The lowest BCUT2D eigenvalue weighted by molar-refractivity contribution is -0.253. The molecule has 2 amide bonds. The van der Waals surface area contributed by atoms with Crippen molar-refractivity contribution in [3.8, 4) is 0 Å². The van der Waals surface area contributed by atoms with Gasteiger partial charge in [0.05, 0.1) is 30.2 Å². The first kappa shape index (κ1) is 35.0. The first-order chi connectivity index (χ1) is 23.9. The molecule has 4 atom stereocenters. The maximum absolute atomic E-state index is 12.9. The summed E-state index contributed by atoms with van der Waals surface area (Å²) in [5.74, 6) is -0.223. The van der Waals surface area contributed by atoms with E-state index in [2.05, 4.69) is 20.4 Å². The predicted molar refractivity (Wildman–Crippen MR) is 192 cm³/mol. The summed E-state index contributed by atoms with van der Waals surface area (Å²) in [5.41, 5.74) is 10.5. The molecule has 6 rings (SSSR count). The van der Waals surface area contributed by atoms with Gasteiger partial charge in [-0.15, -0.1) is 0 Å². The van der Waals surface area contributed by atoms with Gasteiger partial charge in [0.1, 0.15) is 0 Å². The predicted octanol–water partition coefficient (Wildman–Crippen LogP) is 6.00. The zero-order chi connectivity index (χ0) is 34.0. The zero-order valence-electron chi connectivity index (χ0n) is 28.4. The van der Waals surface area contributed by atoms with E-state index in [9.17, 15) is 14.7 Å². The highest BCUT2D eigenvalue weighted by Gasteiger charge is 2.36. The Morgan fingerprint density at radius 3 is 2.33 bits per heavy atom. The number of benzene rings is 3. The van der Waals surface area contributed by atoms with E-state index in [1.807, 2.05) is 60.7 Å². The minimum Gasteiger partial charge on any atom is -0.397 e. The van der Waals surface area contributed by atoms with Crippen molar-refractivity contribution in [3.63, 3.8) is 0 Å². The number of nitrogens with one attached hydrogen (secondary N) is 2. The number of aliphatic hydroxyl groups excluding tert-OH is 1. The van der Waals surface area contributed by atoms with Gasteiger partial charge < -0.3 is 35.8 Å². The van der Waals surface area contributed by atoms with Crippen LogP contribution in [0.5, 0.6) is 0 Å². The quantitative estimate of drug-likeness (QED) is 0.122. The van der Waals surface area contributed by atoms with Gasteiger partial charge in [-0.1, -0.05) is 48.5 Å². The molecule has 10 nitrogen and oxygen atoms in total. The van der Waals surface area contributed by atoms with E-state index in [0.717, 1.165) is 42.7 Å². The number of nitrogen functional groups attached to an aromatic ring is 1. The van der Waals surface area contributed by atoms with Gasteiger partial charge in [-0.2, -0.15) is 0 Å². The summed E-state index contributed by atoms with van der Waals surface area (Å²) in [5, 5.41) is 15.4. The van der Waals surface area contributed by atoms with Crippen molar-refractivity contribution in [3.05, 3.63) is 89.5 Å². The third kappa shape index (κ3) is 9.89. The molecule has 0 spiro atoms. The van der Waals surface area contributed by atoms with Crippen molar-refractivity contribution in [2.45, 2.75) is 88.9 Å². The van der Waals surface area contributed by atoms with E-state index in [1.54, 1.807) is 12.1 Å². The number of ether oxygens (including phenoxy) is 2. The normalized spacial score (nSPS) is 23.0. The van der Waals surface area contributed by atoms with Crippen LogP contribution in [0.1, 0.15) is 86.9 Å². The molecular formula is C39H51N5O5. The fraction of sp³-hybridized carbons (Fsp3) is 0.487. The second kappa shape index (κ2) is 17.2. The van der Waals surface area contributed by atoms with Gasteiger partial charge in [0, 0.05) is 49.6 Å². The second-order valence-corrected chi connectivity index (χ2v) is 13.7. The molecule has 5 N–H and O–H groups in total. The third-order valence-electron chi connectivity index (χ3n) is 9.95. The first-order valence-corrected chi connectivity index (χ1v) is 17.9. The minimum atomic E-state index is -0.588. The summed E-state index contributed by atoms with van der Waals surface area (Å²) in [6.45, 7) is 5.51. The van der Waals surface area contributed by atoms with E-state index in [-0.39, 0.29) is 30.6 Å². The first-order valence-electron chi connectivity index (χ1n) is 17.9. The molecular weight excluding hydrogens is 618 g/mol. The van der Waals surface area contributed by atoms with Crippen LogP contribution in [-0.4, -0.2) is 71.6 Å². The lowest BCUT2D eigenvalue weighted by Gasteiger charge is -2.39. The lowest BCUT2D eigenvalue weighted by atomic mass is 9.99. The van der Waals surface area contributed by atoms with Crippen molar-refractivity contribution >= 4 is 28.9 Å². The summed E-state index contributed by atoms with van der Waals surface area (Å²) in [6.07, 6.45) is 6.83. The maximum atomic E-state index is 12.9. The number of anilines is 3. The van der Waals surface area contributed by atoms with Crippen molar-refractivity contribution in [1.82, 2.24) is 9.80 Å².